The second kappa shape index (κ2) is 6.00. The summed E-state index contributed by atoms with van der Waals surface area (Å²) in [6, 6.07) is 1.93. The molecular formula is C13H24N4O. The second-order valence-electron chi connectivity index (χ2n) is 5.51. The molecule has 1 rings (SSSR count). The summed E-state index contributed by atoms with van der Waals surface area (Å²) in [7, 11) is 1.84. The summed E-state index contributed by atoms with van der Waals surface area (Å²) in [5.41, 5.74) is 0.961. The molecule has 0 radical (unpaired) electrons. The maximum absolute atomic E-state index is 11.7. The molecule has 1 amide bonds. The van der Waals surface area contributed by atoms with Gasteiger partial charge in [0.2, 0.25) is 5.91 Å². The fourth-order valence-corrected chi connectivity index (χ4v) is 1.52. The van der Waals surface area contributed by atoms with E-state index >= 15 is 0 Å². The molecule has 0 atom stereocenters. The number of carbonyl (C=O) groups is 1. The van der Waals surface area contributed by atoms with Crippen molar-refractivity contribution in [1.82, 2.24) is 15.1 Å². The first-order chi connectivity index (χ1) is 8.34. The van der Waals surface area contributed by atoms with Crippen LogP contribution in [0, 0.1) is 0 Å². The first kappa shape index (κ1) is 14.7. The van der Waals surface area contributed by atoms with Crippen molar-refractivity contribution in [3.63, 3.8) is 0 Å². The number of rotatable bonds is 5. The molecule has 0 bridgehead atoms. The molecular weight excluding hydrogens is 228 g/mol. The first-order valence-electron chi connectivity index (χ1n) is 6.39. The Labute approximate surface area is 109 Å². The van der Waals surface area contributed by atoms with Gasteiger partial charge in [-0.15, -0.1) is 0 Å². The van der Waals surface area contributed by atoms with Crippen molar-refractivity contribution in [3.05, 3.63) is 11.8 Å². The molecule has 1 heterocycles. The van der Waals surface area contributed by atoms with Gasteiger partial charge in [-0.1, -0.05) is 27.7 Å². The minimum atomic E-state index is -0.0353. The van der Waals surface area contributed by atoms with E-state index in [1.807, 2.05) is 13.1 Å². The van der Waals surface area contributed by atoms with Crippen LogP contribution < -0.4 is 10.6 Å². The zero-order chi connectivity index (χ0) is 13.8. The molecule has 18 heavy (non-hydrogen) atoms. The highest BCUT2D eigenvalue weighted by Gasteiger charge is 2.19. The van der Waals surface area contributed by atoms with Gasteiger partial charge in [0.15, 0.2) is 0 Å². The van der Waals surface area contributed by atoms with Crippen molar-refractivity contribution in [1.29, 1.82) is 0 Å². The Balaban J connectivity index is 2.62. The van der Waals surface area contributed by atoms with E-state index in [0.717, 1.165) is 24.5 Å². The molecule has 1 aromatic rings. The lowest BCUT2D eigenvalue weighted by molar-refractivity contribution is -0.115. The van der Waals surface area contributed by atoms with E-state index in [-0.39, 0.29) is 11.3 Å². The van der Waals surface area contributed by atoms with Crippen LogP contribution in [0.5, 0.6) is 0 Å². The molecule has 0 aliphatic carbocycles. The monoisotopic (exact) mass is 252 g/mol. The Bertz CT molecular complexity index is 404. The van der Waals surface area contributed by atoms with Gasteiger partial charge in [0.25, 0.3) is 0 Å². The largest absolute Gasteiger partial charge is 0.310 e. The third-order valence-electron chi connectivity index (χ3n) is 2.63. The highest BCUT2D eigenvalue weighted by molar-refractivity contribution is 5.91. The zero-order valence-corrected chi connectivity index (χ0v) is 12.0. The van der Waals surface area contributed by atoms with Crippen LogP contribution in [-0.2, 0) is 17.3 Å². The van der Waals surface area contributed by atoms with Crippen molar-refractivity contribution in [2.75, 3.05) is 18.4 Å². The van der Waals surface area contributed by atoms with Crippen molar-refractivity contribution < 1.29 is 4.79 Å². The van der Waals surface area contributed by atoms with Crippen LogP contribution in [-0.4, -0.2) is 28.8 Å². The maximum atomic E-state index is 11.7. The third-order valence-corrected chi connectivity index (χ3v) is 2.63. The van der Waals surface area contributed by atoms with Crippen molar-refractivity contribution in [2.45, 2.75) is 39.5 Å². The molecule has 0 aromatic carbocycles. The molecule has 1 aromatic heterocycles. The van der Waals surface area contributed by atoms with Gasteiger partial charge < -0.3 is 10.6 Å². The van der Waals surface area contributed by atoms with E-state index in [0.29, 0.717) is 6.54 Å². The van der Waals surface area contributed by atoms with Gasteiger partial charge in [0, 0.05) is 18.5 Å². The highest BCUT2D eigenvalue weighted by Crippen LogP contribution is 2.23. The number of aromatic nitrogens is 2. The molecule has 0 saturated heterocycles. The number of nitrogens with one attached hydrogen (secondary N) is 2. The number of anilines is 1. The van der Waals surface area contributed by atoms with E-state index in [1.54, 1.807) is 4.68 Å². The summed E-state index contributed by atoms with van der Waals surface area (Å²) in [5.74, 6) is 0.704. The molecule has 0 spiro atoms. The van der Waals surface area contributed by atoms with E-state index < -0.39 is 0 Å². The van der Waals surface area contributed by atoms with Crippen LogP contribution in [0.1, 0.15) is 39.8 Å². The number of amides is 1. The highest BCUT2D eigenvalue weighted by atomic mass is 16.2. The van der Waals surface area contributed by atoms with Gasteiger partial charge >= 0.3 is 0 Å². The Kier molecular flexibility index (Phi) is 4.90. The van der Waals surface area contributed by atoms with Crippen LogP contribution in [0.3, 0.4) is 0 Å². The van der Waals surface area contributed by atoms with Gasteiger partial charge in [-0.05, 0) is 13.0 Å². The number of hydrogen-bond donors (Lipinski definition) is 2. The second-order valence-corrected chi connectivity index (χ2v) is 5.51. The Morgan fingerprint density at radius 2 is 2.11 bits per heavy atom. The quantitative estimate of drug-likeness (QED) is 0.783. The van der Waals surface area contributed by atoms with E-state index in [4.69, 9.17) is 0 Å². The minimum Gasteiger partial charge on any atom is -0.310 e. The van der Waals surface area contributed by atoms with Gasteiger partial charge in [-0.2, -0.15) is 5.10 Å². The average molecular weight is 252 g/mol. The molecule has 0 aliphatic rings. The minimum absolute atomic E-state index is 0.0127. The summed E-state index contributed by atoms with van der Waals surface area (Å²) in [4.78, 5) is 11.7. The predicted molar refractivity (Wildman–Crippen MR) is 73.7 cm³/mol. The molecule has 5 nitrogen and oxygen atoms in total. The number of hydrogen-bond acceptors (Lipinski definition) is 3. The SMILES string of the molecule is CCCNCC(=O)Nc1cc(C(C)(C)C)nn1C. The Morgan fingerprint density at radius 3 is 2.61 bits per heavy atom. The third kappa shape index (κ3) is 4.14. The van der Waals surface area contributed by atoms with Crippen LogP contribution in [0.4, 0.5) is 5.82 Å². The van der Waals surface area contributed by atoms with Crippen LogP contribution >= 0.6 is 0 Å². The lowest BCUT2D eigenvalue weighted by Gasteiger charge is -2.13. The summed E-state index contributed by atoms with van der Waals surface area (Å²) in [5, 5.41) is 10.3. The Hall–Kier alpha value is -1.36. The molecule has 102 valence electrons. The van der Waals surface area contributed by atoms with Gasteiger partial charge in [0.05, 0.1) is 12.2 Å². The normalized spacial score (nSPS) is 11.6. The summed E-state index contributed by atoms with van der Waals surface area (Å²) < 4.78 is 1.71. The number of nitrogens with zero attached hydrogens (tertiary/aromatic N) is 2. The fourth-order valence-electron chi connectivity index (χ4n) is 1.52. The lowest BCUT2D eigenvalue weighted by Crippen LogP contribution is -2.29. The average Bonchev–Trinajstić information content (AvgIpc) is 2.60. The van der Waals surface area contributed by atoms with E-state index in [1.165, 1.54) is 0 Å². The van der Waals surface area contributed by atoms with Crippen molar-refractivity contribution in [3.8, 4) is 0 Å². The number of carbonyl (C=O) groups excluding carboxylic acids is 1. The van der Waals surface area contributed by atoms with Crippen molar-refractivity contribution >= 4 is 11.7 Å². The van der Waals surface area contributed by atoms with Crippen LogP contribution in [0.15, 0.2) is 6.07 Å². The molecule has 0 fully saturated rings. The zero-order valence-electron chi connectivity index (χ0n) is 12.0. The molecule has 0 unspecified atom stereocenters. The molecule has 5 heteroatoms. The lowest BCUT2D eigenvalue weighted by atomic mass is 9.92. The van der Waals surface area contributed by atoms with E-state index in [9.17, 15) is 4.79 Å². The summed E-state index contributed by atoms with van der Waals surface area (Å²) in [6.45, 7) is 9.56. The van der Waals surface area contributed by atoms with E-state index in [2.05, 4.69) is 43.4 Å². The smallest absolute Gasteiger partial charge is 0.239 e. The topological polar surface area (TPSA) is 59.0 Å². The molecule has 0 aliphatic heterocycles. The fraction of sp³-hybridized carbons (Fsp3) is 0.692. The first-order valence-corrected chi connectivity index (χ1v) is 6.39. The molecule has 2 N–H and O–H groups in total. The summed E-state index contributed by atoms with van der Waals surface area (Å²) >= 11 is 0. The molecule has 0 saturated carbocycles. The maximum Gasteiger partial charge on any atom is 0.239 e. The standard InChI is InChI=1S/C13H24N4O/c1-6-7-14-9-12(18)15-11-8-10(13(2,3)4)16-17(11)5/h8,14H,6-7,9H2,1-5H3,(H,15,18). The van der Waals surface area contributed by atoms with Crippen LogP contribution in [0.25, 0.3) is 0 Å². The Morgan fingerprint density at radius 1 is 1.44 bits per heavy atom. The number of aryl methyl sites for hydroxylation is 1. The van der Waals surface area contributed by atoms with Gasteiger partial charge in [-0.25, -0.2) is 0 Å². The summed E-state index contributed by atoms with van der Waals surface area (Å²) in [6.07, 6.45) is 1.02. The predicted octanol–water partition coefficient (Wildman–Crippen LogP) is 1.66. The van der Waals surface area contributed by atoms with Crippen molar-refractivity contribution in [2.24, 2.45) is 7.05 Å². The van der Waals surface area contributed by atoms with Gasteiger partial charge in [-0.3, -0.25) is 9.48 Å². The van der Waals surface area contributed by atoms with Gasteiger partial charge in [0.1, 0.15) is 5.82 Å². The van der Waals surface area contributed by atoms with Crippen LogP contribution in [0.2, 0.25) is 0 Å².